The quantitative estimate of drug-likeness (QED) is 0.575. The first-order valence-electron chi connectivity index (χ1n) is 7.41. The van der Waals surface area contributed by atoms with Crippen molar-refractivity contribution in [3.63, 3.8) is 0 Å². The zero-order valence-electron chi connectivity index (χ0n) is 13.2. The lowest BCUT2D eigenvalue weighted by molar-refractivity contribution is 0.0345. The Hall–Kier alpha value is -1.59. The number of rotatable bonds is 4. The normalized spacial score (nSPS) is 17.0. The monoisotopic (exact) mass is 290 g/mol. The van der Waals surface area contributed by atoms with Crippen LogP contribution in [0.5, 0.6) is 0 Å². The van der Waals surface area contributed by atoms with Crippen molar-refractivity contribution in [2.75, 3.05) is 37.6 Å². The number of amidine groups is 1. The summed E-state index contributed by atoms with van der Waals surface area (Å²) in [7, 11) is 0. The maximum absolute atomic E-state index is 9.90. The Kier molecular flexibility index (Phi) is 4.54. The van der Waals surface area contributed by atoms with Gasteiger partial charge in [0, 0.05) is 44.0 Å². The van der Waals surface area contributed by atoms with Gasteiger partial charge in [-0.3, -0.25) is 10.3 Å². The molecule has 5 heteroatoms. The number of β-amino-alcohol motifs (C(OH)–C–C–N with tert-alkyl or cyclic N) is 1. The van der Waals surface area contributed by atoms with Crippen molar-refractivity contribution in [2.24, 2.45) is 5.73 Å². The van der Waals surface area contributed by atoms with Gasteiger partial charge in [-0.25, -0.2) is 0 Å². The van der Waals surface area contributed by atoms with Crippen molar-refractivity contribution >= 4 is 11.5 Å². The summed E-state index contributed by atoms with van der Waals surface area (Å²) in [6, 6.07) is 6.09. The largest absolute Gasteiger partial charge is 0.389 e. The highest BCUT2D eigenvalue weighted by Crippen LogP contribution is 2.23. The molecule has 0 aromatic heterocycles. The Morgan fingerprint density at radius 2 is 1.90 bits per heavy atom. The molecule has 1 fully saturated rings. The SMILES string of the molecule is Cc1ccc(N2CCN(CC(C)(C)O)CC2)c(C(=N)N)c1. The predicted octanol–water partition coefficient (Wildman–Crippen LogP) is 1.17. The van der Waals surface area contributed by atoms with E-state index >= 15 is 0 Å². The highest BCUT2D eigenvalue weighted by Gasteiger charge is 2.24. The maximum Gasteiger partial charge on any atom is 0.124 e. The number of nitrogens with zero attached hydrogens (tertiary/aromatic N) is 2. The predicted molar refractivity (Wildman–Crippen MR) is 87.1 cm³/mol. The van der Waals surface area contributed by atoms with Crippen molar-refractivity contribution < 1.29 is 5.11 Å². The van der Waals surface area contributed by atoms with Gasteiger partial charge in [0.05, 0.1) is 5.60 Å². The summed E-state index contributed by atoms with van der Waals surface area (Å²) in [5.74, 6) is 0.118. The number of aliphatic hydroxyl groups is 1. The lowest BCUT2D eigenvalue weighted by atomic mass is 10.1. The average Bonchev–Trinajstić information content (AvgIpc) is 2.38. The minimum Gasteiger partial charge on any atom is -0.389 e. The molecule has 1 saturated heterocycles. The molecule has 4 N–H and O–H groups in total. The number of nitrogens with one attached hydrogen (secondary N) is 1. The number of nitrogen functional groups attached to an aromatic ring is 1. The van der Waals surface area contributed by atoms with Crippen molar-refractivity contribution in [3.05, 3.63) is 29.3 Å². The summed E-state index contributed by atoms with van der Waals surface area (Å²) >= 11 is 0. The van der Waals surface area contributed by atoms with E-state index in [0.29, 0.717) is 6.54 Å². The first kappa shape index (κ1) is 15.8. The van der Waals surface area contributed by atoms with E-state index in [1.807, 2.05) is 26.8 Å². The first-order valence-corrected chi connectivity index (χ1v) is 7.41. The highest BCUT2D eigenvalue weighted by atomic mass is 16.3. The van der Waals surface area contributed by atoms with Crippen molar-refractivity contribution in [3.8, 4) is 0 Å². The minimum absolute atomic E-state index is 0.118. The second kappa shape index (κ2) is 6.03. The molecule has 0 unspecified atom stereocenters. The molecule has 1 aliphatic rings. The van der Waals surface area contributed by atoms with Gasteiger partial charge in [0.15, 0.2) is 0 Å². The van der Waals surface area contributed by atoms with Gasteiger partial charge < -0.3 is 15.7 Å². The number of piperazine rings is 1. The topological polar surface area (TPSA) is 76.6 Å². The lowest BCUT2D eigenvalue weighted by Gasteiger charge is -2.39. The molecule has 2 rings (SSSR count). The fourth-order valence-corrected chi connectivity index (χ4v) is 2.84. The van der Waals surface area contributed by atoms with Gasteiger partial charge in [-0.2, -0.15) is 0 Å². The van der Waals surface area contributed by atoms with Crippen LogP contribution in [-0.4, -0.2) is 54.2 Å². The van der Waals surface area contributed by atoms with E-state index in [2.05, 4.69) is 21.9 Å². The number of nitrogens with two attached hydrogens (primary N) is 1. The van der Waals surface area contributed by atoms with Crippen LogP contribution in [0.4, 0.5) is 5.69 Å². The fourth-order valence-electron chi connectivity index (χ4n) is 2.84. The van der Waals surface area contributed by atoms with Gasteiger partial charge in [0.25, 0.3) is 0 Å². The van der Waals surface area contributed by atoms with E-state index in [4.69, 9.17) is 11.1 Å². The van der Waals surface area contributed by atoms with Crippen LogP contribution in [0.3, 0.4) is 0 Å². The summed E-state index contributed by atoms with van der Waals surface area (Å²) in [6.45, 7) is 9.98. The maximum atomic E-state index is 9.90. The summed E-state index contributed by atoms with van der Waals surface area (Å²) in [4.78, 5) is 4.55. The zero-order valence-corrected chi connectivity index (χ0v) is 13.2. The standard InChI is InChI=1S/C16H26N4O/c1-12-4-5-14(13(10-12)15(17)18)20-8-6-19(7-9-20)11-16(2,3)21/h4-5,10,21H,6-9,11H2,1-3H3,(H3,17,18). The Bertz CT molecular complexity index is 513. The van der Waals surface area contributed by atoms with E-state index in [1.54, 1.807) is 0 Å². The number of benzene rings is 1. The van der Waals surface area contributed by atoms with Crippen LogP contribution in [0, 0.1) is 12.3 Å². The highest BCUT2D eigenvalue weighted by molar-refractivity contribution is 6.00. The average molecular weight is 290 g/mol. The molecule has 0 saturated carbocycles. The van der Waals surface area contributed by atoms with Crippen molar-refractivity contribution in [2.45, 2.75) is 26.4 Å². The molecular formula is C16H26N4O. The number of hydrogen-bond donors (Lipinski definition) is 3. The molecule has 0 spiro atoms. The Morgan fingerprint density at radius 1 is 1.29 bits per heavy atom. The molecule has 0 aliphatic carbocycles. The van der Waals surface area contributed by atoms with Gasteiger partial charge in [-0.05, 0) is 32.9 Å². The van der Waals surface area contributed by atoms with Crippen molar-refractivity contribution in [1.82, 2.24) is 4.90 Å². The third kappa shape index (κ3) is 4.19. The molecule has 0 radical (unpaired) electrons. The fraction of sp³-hybridized carbons (Fsp3) is 0.562. The Labute approximate surface area is 126 Å². The molecule has 116 valence electrons. The smallest absolute Gasteiger partial charge is 0.124 e. The van der Waals surface area contributed by atoms with Crippen LogP contribution in [0.25, 0.3) is 0 Å². The van der Waals surface area contributed by atoms with Crippen LogP contribution in [0.15, 0.2) is 18.2 Å². The van der Waals surface area contributed by atoms with Crippen LogP contribution in [-0.2, 0) is 0 Å². The van der Waals surface area contributed by atoms with Gasteiger partial charge >= 0.3 is 0 Å². The minimum atomic E-state index is -0.656. The van der Waals surface area contributed by atoms with Crippen LogP contribution in [0.2, 0.25) is 0 Å². The van der Waals surface area contributed by atoms with Crippen LogP contribution >= 0.6 is 0 Å². The van der Waals surface area contributed by atoms with E-state index in [-0.39, 0.29) is 5.84 Å². The molecule has 0 atom stereocenters. The summed E-state index contributed by atoms with van der Waals surface area (Å²) in [6.07, 6.45) is 0. The third-order valence-corrected chi connectivity index (χ3v) is 3.77. The summed E-state index contributed by atoms with van der Waals surface area (Å²) in [5.41, 5.74) is 8.02. The molecule has 0 bridgehead atoms. The van der Waals surface area contributed by atoms with E-state index in [1.165, 1.54) is 0 Å². The Balaban J connectivity index is 2.07. The summed E-state index contributed by atoms with van der Waals surface area (Å²) < 4.78 is 0. The Morgan fingerprint density at radius 3 is 2.43 bits per heavy atom. The van der Waals surface area contributed by atoms with Crippen molar-refractivity contribution in [1.29, 1.82) is 5.41 Å². The van der Waals surface area contributed by atoms with E-state index < -0.39 is 5.60 Å². The molecule has 1 heterocycles. The van der Waals surface area contributed by atoms with Crippen LogP contribution < -0.4 is 10.6 Å². The van der Waals surface area contributed by atoms with E-state index in [9.17, 15) is 5.11 Å². The second-order valence-corrected chi connectivity index (χ2v) is 6.51. The van der Waals surface area contributed by atoms with Gasteiger partial charge in [0.1, 0.15) is 5.84 Å². The molecule has 0 amide bonds. The third-order valence-electron chi connectivity index (χ3n) is 3.77. The number of anilines is 1. The molecule has 5 nitrogen and oxygen atoms in total. The van der Waals surface area contributed by atoms with Gasteiger partial charge in [-0.1, -0.05) is 11.6 Å². The first-order chi connectivity index (χ1) is 9.76. The zero-order chi connectivity index (χ0) is 15.6. The number of aryl methyl sites for hydroxylation is 1. The molecule has 1 aromatic carbocycles. The molecular weight excluding hydrogens is 264 g/mol. The summed E-state index contributed by atoms with van der Waals surface area (Å²) in [5, 5.41) is 17.7. The molecule has 21 heavy (non-hydrogen) atoms. The van der Waals surface area contributed by atoms with Crippen LogP contribution in [0.1, 0.15) is 25.0 Å². The van der Waals surface area contributed by atoms with Gasteiger partial charge in [0.2, 0.25) is 0 Å². The number of hydrogen-bond acceptors (Lipinski definition) is 4. The second-order valence-electron chi connectivity index (χ2n) is 6.51. The molecule has 1 aromatic rings. The van der Waals surface area contributed by atoms with E-state index in [0.717, 1.165) is 43.0 Å². The van der Waals surface area contributed by atoms with Gasteiger partial charge in [-0.15, -0.1) is 0 Å². The lowest BCUT2D eigenvalue weighted by Crippen LogP contribution is -2.50. The molecule has 1 aliphatic heterocycles.